The van der Waals surface area contributed by atoms with Crippen molar-refractivity contribution >= 4 is 10.0 Å². The summed E-state index contributed by atoms with van der Waals surface area (Å²) in [7, 11) is -3.59. The van der Waals surface area contributed by atoms with Crippen LogP contribution in [0, 0.1) is 6.92 Å². The van der Waals surface area contributed by atoms with Gasteiger partial charge in [-0.25, -0.2) is 13.1 Å². The normalized spacial score (nSPS) is 17.5. The van der Waals surface area contributed by atoms with Crippen molar-refractivity contribution in [3.63, 3.8) is 0 Å². The van der Waals surface area contributed by atoms with E-state index in [0.717, 1.165) is 13.1 Å². The molecule has 0 atom stereocenters. The molecule has 114 valence electrons. The second-order valence-corrected chi connectivity index (χ2v) is 6.38. The highest BCUT2D eigenvalue weighted by Crippen LogP contribution is 2.19. The number of sulfonamides is 1. The minimum Gasteiger partial charge on any atom is -0.462 e. The number of aryl methyl sites for hydroxylation is 1. The van der Waals surface area contributed by atoms with Gasteiger partial charge in [0.05, 0.1) is 13.2 Å². The Morgan fingerprint density at radius 1 is 1.40 bits per heavy atom. The smallest absolute Gasteiger partial charge is 0.244 e. The Hall–Kier alpha value is -0.930. The molecule has 1 saturated heterocycles. The van der Waals surface area contributed by atoms with Gasteiger partial charge in [0.1, 0.15) is 23.0 Å². The molecule has 20 heavy (non-hydrogen) atoms. The van der Waals surface area contributed by atoms with Crippen LogP contribution in [-0.2, 0) is 21.4 Å². The van der Waals surface area contributed by atoms with E-state index in [1.54, 1.807) is 6.92 Å². The molecule has 1 aromatic heterocycles. The number of nitrogens with zero attached hydrogens (tertiary/aromatic N) is 1. The van der Waals surface area contributed by atoms with Crippen LogP contribution in [0.5, 0.6) is 0 Å². The third-order valence-corrected chi connectivity index (χ3v) is 4.76. The fraction of sp³-hybridized carbons (Fsp3) is 0.667. The van der Waals surface area contributed by atoms with Crippen LogP contribution < -0.4 is 4.72 Å². The summed E-state index contributed by atoms with van der Waals surface area (Å²) in [4.78, 5) is 2.23. The molecule has 0 amide bonds. The minimum atomic E-state index is -3.59. The Kier molecular flexibility index (Phi) is 5.17. The molecular weight excluding hydrogens is 284 g/mol. The molecule has 7 nitrogen and oxygen atoms in total. The third-order valence-electron chi connectivity index (χ3n) is 3.19. The Labute approximate surface area is 118 Å². The first-order valence-electron chi connectivity index (χ1n) is 6.53. The van der Waals surface area contributed by atoms with E-state index in [1.165, 1.54) is 6.07 Å². The van der Waals surface area contributed by atoms with E-state index in [-0.39, 0.29) is 23.0 Å². The van der Waals surface area contributed by atoms with Gasteiger partial charge in [0.2, 0.25) is 10.0 Å². The first-order chi connectivity index (χ1) is 9.53. The highest BCUT2D eigenvalue weighted by molar-refractivity contribution is 7.89. The summed E-state index contributed by atoms with van der Waals surface area (Å²) >= 11 is 0. The molecule has 1 fully saturated rings. The molecule has 0 spiro atoms. The Bertz CT molecular complexity index is 534. The number of rotatable bonds is 6. The van der Waals surface area contributed by atoms with Gasteiger partial charge in [0.15, 0.2) is 0 Å². The fourth-order valence-corrected chi connectivity index (χ4v) is 3.33. The summed E-state index contributed by atoms with van der Waals surface area (Å²) in [6.07, 6.45) is 0. The maximum Gasteiger partial charge on any atom is 0.244 e. The molecule has 0 radical (unpaired) electrons. The summed E-state index contributed by atoms with van der Waals surface area (Å²) in [6, 6.07) is 1.35. The molecule has 1 aliphatic heterocycles. The number of aliphatic hydroxyl groups excluding tert-OH is 1. The second kappa shape index (κ2) is 6.68. The van der Waals surface area contributed by atoms with E-state index in [4.69, 9.17) is 14.3 Å². The summed E-state index contributed by atoms with van der Waals surface area (Å²) in [6.45, 7) is 5.25. The maximum absolute atomic E-state index is 12.1. The Morgan fingerprint density at radius 2 is 2.10 bits per heavy atom. The predicted octanol–water partition coefficient (Wildman–Crippen LogP) is -0.309. The van der Waals surface area contributed by atoms with Gasteiger partial charge in [0.25, 0.3) is 0 Å². The van der Waals surface area contributed by atoms with Crippen molar-refractivity contribution in [1.82, 2.24) is 9.62 Å². The van der Waals surface area contributed by atoms with Crippen molar-refractivity contribution < 1.29 is 22.7 Å². The molecule has 0 saturated carbocycles. The van der Waals surface area contributed by atoms with E-state index in [2.05, 4.69) is 9.62 Å². The molecule has 8 heteroatoms. The van der Waals surface area contributed by atoms with E-state index in [0.29, 0.717) is 26.3 Å². The second-order valence-electron chi connectivity index (χ2n) is 4.64. The van der Waals surface area contributed by atoms with Crippen molar-refractivity contribution in [2.45, 2.75) is 18.4 Å². The summed E-state index contributed by atoms with van der Waals surface area (Å²) < 4.78 is 37.2. The van der Waals surface area contributed by atoms with Gasteiger partial charge in [-0.15, -0.1) is 0 Å². The average Bonchev–Trinajstić information content (AvgIpc) is 2.82. The molecule has 0 aliphatic carbocycles. The van der Waals surface area contributed by atoms with Gasteiger partial charge in [-0.1, -0.05) is 0 Å². The largest absolute Gasteiger partial charge is 0.462 e. The predicted molar refractivity (Wildman–Crippen MR) is 71.8 cm³/mol. The minimum absolute atomic E-state index is 0.0866. The topological polar surface area (TPSA) is 92.0 Å². The molecule has 2 heterocycles. The van der Waals surface area contributed by atoms with Crippen LogP contribution in [0.2, 0.25) is 0 Å². The highest BCUT2D eigenvalue weighted by atomic mass is 32.2. The zero-order valence-electron chi connectivity index (χ0n) is 11.5. The molecule has 1 aliphatic rings. The third kappa shape index (κ3) is 3.80. The monoisotopic (exact) mass is 304 g/mol. The quantitative estimate of drug-likeness (QED) is 0.749. The van der Waals surface area contributed by atoms with E-state index in [1.807, 2.05) is 0 Å². The molecule has 0 unspecified atom stereocenters. The number of nitrogens with one attached hydrogen (secondary N) is 1. The van der Waals surface area contributed by atoms with Gasteiger partial charge >= 0.3 is 0 Å². The Morgan fingerprint density at radius 3 is 2.70 bits per heavy atom. The number of hydrogen-bond donors (Lipinski definition) is 2. The van der Waals surface area contributed by atoms with Gasteiger partial charge in [-0.3, -0.25) is 4.90 Å². The molecule has 2 rings (SSSR count). The number of morpholine rings is 1. The van der Waals surface area contributed by atoms with Crippen LogP contribution in [0.25, 0.3) is 0 Å². The first kappa shape index (κ1) is 15.5. The van der Waals surface area contributed by atoms with Gasteiger partial charge in [-0.05, 0) is 6.92 Å². The van der Waals surface area contributed by atoms with Crippen molar-refractivity contribution in [3.8, 4) is 0 Å². The number of furan rings is 1. The highest BCUT2D eigenvalue weighted by Gasteiger charge is 2.21. The molecule has 1 aromatic rings. The zero-order chi connectivity index (χ0) is 14.6. The molecular formula is C12H20N2O5S. The first-order valence-corrected chi connectivity index (χ1v) is 8.01. The van der Waals surface area contributed by atoms with Gasteiger partial charge < -0.3 is 14.3 Å². The van der Waals surface area contributed by atoms with Gasteiger partial charge in [-0.2, -0.15) is 0 Å². The summed E-state index contributed by atoms with van der Waals surface area (Å²) in [5.41, 5.74) is 0. The summed E-state index contributed by atoms with van der Waals surface area (Å²) in [5.74, 6) is 0.531. The van der Waals surface area contributed by atoms with Crippen LogP contribution in [0.15, 0.2) is 15.4 Å². The average molecular weight is 304 g/mol. The molecule has 0 aromatic carbocycles. The van der Waals surface area contributed by atoms with Gasteiger partial charge in [0, 0.05) is 32.2 Å². The van der Waals surface area contributed by atoms with E-state index < -0.39 is 10.0 Å². The lowest BCUT2D eigenvalue weighted by Gasteiger charge is -2.26. The SMILES string of the molecule is Cc1oc(CO)cc1S(=O)(=O)NCCN1CCOCC1. The van der Waals surface area contributed by atoms with E-state index >= 15 is 0 Å². The fourth-order valence-electron chi connectivity index (χ4n) is 2.11. The van der Waals surface area contributed by atoms with Crippen molar-refractivity contribution in [3.05, 3.63) is 17.6 Å². The van der Waals surface area contributed by atoms with Crippen LogP contribution in [0.1, 0.15) is 11.5 Å². The number of ether oxygens (including phenoxy) is 1. The van der Waals surface area contributed by atoms with Crippen molar-refractivity contribution in [1.29, 1.82) is 0 Å². The van der Waals surface area contributed by atoms with Crippen molar-refractivity contribution in [2.75, 3.05) is 39.4 Å². The Balaban J connectivity index is 1.91. The van der Waals surface area contributed by atoms with Crippen LogP contribution in [-0.4, -0.2) is 57.8 Å². The van der Waals surface area contributed by atoms with Crippen LogP contribution in [0.3, 0.4) is 0 Å². The molecule has 0 bridgehead atoms. The summed E-state index contributed by atoms with van der Waals surface area (Å²) in [5, 5.41) is 8.96. The lowest BCUT2D eigenvalue weighted by atomic mass is 10.4. The lowest BCUT2D eigenvalue weighted by molar-refractivity contribution is 0.0390. The van der Waals surface area contributed by atoms with E-state index in [9.17, 15) is 8.42 Å². The zero-order valence-corrected chi connectivity index (χ0v) is 12.3. The van der Waals surface area contributed by atoms with Crippen LogP contribution >= 0.6 is 0 Å². The number of hydrogen-bond acceptors (Lipinski definition) is 6. The van der Waals surface area contributed by atoms with Crippen LogP contribution in [0.4, 0.5) is 0 Å². The van der Waals surface area contributed by atoms with Crippen molar-refractivity contribution in [2.24, 2.45) is 0 Å². The standard InChI is InChI=1S/C12H20N2O5S/c1-10-12(8-11(9-15)19-10)20(16,17)13-2-3-14-4-6-18-7-5-14/h8,13,15H,2-7,9H2,1H3. The lowest BCUT2D eigenvalue weighted by Crippen LogP contribution is -2.41. The molecule has 2 N–H and O–H groups in total. The maximum atomic E-state index is 12.1. The number of aliphatic hydroxyl groups is 1.